The van der Waals surface area contributed by atoms with Crippen molar-refractivity contribution in [1.29, 1.82) is 0 Å². The summed E-state index contributed by atoms with van der Waals surface area (Å²) in [6.45, 7) is 10.2. The fraction of sp³-hybridized carbons (Fsp3) is 0.824. The number of halogens is 1. The van der Waals surface area contributed by atoms with E-state index in [1.807, 2.05) is 0 Å². The molecule has 3 fully saturated rings. The van der Waals surface area contributed by atoms with Crippen LogP contribution in [0, 0.1) is 17.3 Å². The summed E-state index contributed by atoms with van der Waals surface area (Å²) in [6.07, 6.45) is 3.93. The topological polar surface area (TPSA) is 79.8 Å². The molecule has 2 saturated heterocycles. The molecule has 4 unspecified atom stereocenters. The lowest BCUT2D eigenvalue weighted by Gasteiger charge is -2.54. The van der Waals surface area contributed by atoms with E-state index in [4.69, 9.17) is 4.74 Å². The molecule has 0 aromatic rings. The van der Waals surface area contributed by atoms with Gasteiger partial charge in [-0.25, -0.2) is 8.42 Å². The smallest absolute Gasteiger partial charge is 0.191 e. The standard InChI is InChI=1S/C17H29N3O3S.HI/c1-4-7-18-16(19-10-12-6-9-24(21,22)11-12)20-14-13-5-8-23-15(13)17(14,2)3;/h4,12-15H,1,5-11H2,2-3H3,(H2,18,19,20);1H. The minimum absolute atomic E-state index is 0. The number of ether oxygens (including phenoxy) is 1. The summed E-state index contributed by atoms with van der Waals surface area (Å²) in [4.78, 5) is 4.65. The van der Waals surface area contributed by atoms with Crippen LogP contribution in [-0.4, -0.2) is 57.7 Å². The first-order chi connectivity index (χ1) is 11.3. The van der Waals surface area contributed by atoms with Crippen molar-refractivity contribution in [1.82, 2.24) is 10.6 Å². The van der Waals surface area contributed by atoms with E-state index in [0.717, 1.165) is 19.0 Å². The fourth-order valence-corrected chi connectivity index (χ4v) is 6.17. The number of nitrogens with zero attached hydrogens (tertiary/aromatic N) is 1. The van der Waals surface area contributed by atoms with Crippen LogP contribution in [0.15, 0.2) is 17.6 Å². The quantitative estimate of drug-likeness (QED) is 0.269. The molecule has 1 aliphatic carbocycles. The van der Waals surface area contributed by atoms with Gasteiger partial charge in [0.2, 0.25) is 0 Å². The lowest BCUT2D eigenvalue weighted by molar-refractivity contribution is -0.106. The van der Waals surface area contributed by atoms with E-state index in [0.29, 0.717) is 43.3 Å². The van der Waals surface area contributed by atoms with Crippen molar-refractivity contribution in [2.24, 2.45) is 22.2 Å². The first-order valence-corrected chi connectivity index (χ1v) is 10.6. The number of rotatable bonds is 5. The second kappa shape index (κ2) is 8.12. The van der Waals surface area contributed by atoms with Crippen LogP contribution in [0.4, 0.5) is 0 Å². The van der Waals surface area contributed by atoms with Crippen molar-refractivity contribution in [3.8, 4) is 0 Å². The molecule has 0 bridgehead atoms. The van der Waals surface area contributed by atoms with Crippen LogP contribution in [0.5, 0.6) is 0 Å². The van der Waals surface area contributed by atoms with Gasteiger partial charge in [0.1, 0.15) is 0 Å². The van der Waals surface area contributed by atoms with E-state index < -0.39 is 9.84 Å². The lowest BCUT2D eigenvalue weighted by Crippen LogP contribution is -2.68. The Hall–Kier alpha value is -0.350. The van der Waals surface area contributed by atoms with Crippen LogP contribution in [0.2, 0.25) is 0 Å². The second-order valence-electron chi connectivity index (χ2n) is 7.82. The molecule has 25 heavy (non-hydrogen) atoms. The first-order valence-electron chi connectivity index (χ1n) is 8.81. The van der Waals surface area contributed by atoms with Gasteiger partial charge in [0.05, 0.1) is 17.6 Å². The molecule has 6 nitrogen and oxygen atoms in total. The van der Waals surface area contributed by atoms with Gasteiger partial charge < -0.3 is 15.4 Å². The van der Waals surface area contributed by atoms with Crippen LogP contribution >= 0.6 is 24.0 Å². The minimum atomic E-state index is -2.85. The van der Waals surface area contributed by atoms with Crippen molar-refractivity contribution in [2.45, 2.75) is 38.8 Å². The maximum Gasteiger partial charge on any atom is 0.191 e. The Balaban J connectivity index is 0.00000225. The third kappa shape index (κ3) is 4.50. The van der Waals surface area contributed by atoms with Crippen LogP contribution < -0.4 is 10.6 Å². The number of hydrogen-bond acceptors (Lipinski definition) is 4. The Labute approximate surface area is 168 Å². The third-order valence-corrected chi connectivity index (χ3v) is 7.48. The van der Waals surface area contributed by atoms with E-state index in [1.54, 1.807) is 6.08 Å². The molecular formula is C17H30IN3O3S. The molecule has 2 N–H and O–H groups in total. The highest BCUT2D eigenvalue weighted by molar-refractivity contribution is 14.0. The summed E-state index contributed by atoms with van der Waals surface area (Å²) in [7, 11) is -2.85. The Bertz CT molecular complexity index is 621. The van der Waals surface area contributed by atoms with Crippen molar-refractivity contribution >= 4 is 39.8 Å². The van der Waals surface area contributed by atoms with Gasteiger partial charge in [-0.2, -0.15) is 0 Å². The highest BCUT2D eigenvalue weighted by atomic mass is 127. The lowest BCUT2D eigenvalue weighted by atomic mass is 9.57. The van der Waals surface area contributed by atoms with E-state index in [1.165, 1.54) is 0 Å². The SMILES string of the molecule is C=CCNC(=NCC1CCS(=O)(=O)C1)NC1C2CCOC2C1(C)C.I. The summed E-state index contributed by atoms with van der Waals surface area (Å²) in [5.74, 6) is 1.98. The highest BCUT2D eigenvalue weighted by Crippen LogP contribution is 2.52. The summed E-state index contributed by atoms with van der Waals surface area (Å²) < 4.78 is 29.0. The molecular weight excluding hydrogens is 453 g/mol. The Morgan fingerprint density at radius 1 is 1.40 bits per heavy atom. The fourth-order valence-electron chi connectivity index (χ4n) is 4.32. The second-order valence-corrected chi connectivity index (χ2v) is 10.0. The van der Waals surface area contributed by atoms with Crippen molar-refractivity contribution in [3.63, 3.8) is 0 Å². The summed E-state index contributed by atoms with van der Waals surface area (Å²) >= 11 is 0. The maximum atomic E-state index is 11.6. The van der Waals surface area contributed by atoms with Crippen LogP contribution in [0.3, 0.4) is 0 Å². The zero-order valence-corrected chi connectivity index (χ0v) is 18.2. The molecule has 1 saturated carbocycles. The summed E-state index contributed by atoms with van der Waals surface area (Å²) in [5.41, 5.74) is 0.0779. The van der Waals surface area contributed by atoms with Gasteiger partial charge in [0.15, 0.2) is 15.8 Å². The largest absolute Gasteiger partial charge is 0.377 e. The molecule has 3 aliphatic rings. The number of aliphatic imine (C=N–C) groups is 1. The summed E-state index contributed by atoms with van der Waals surface area (Å²) in [5, 5.41) is 6.82. The molecule has 0 amide bonds. The van der Waals surface area contributed by atoms with Gasteiger partial charge in [-0.3, -0.25) is 4.99 Å². The van der Waals surface area contributed by atoms with Crippen molar-refractivity contribution < 1.29 is 13.2 Å². The average molecular weight is 483 g/mol. The zero-order chi connectivity index (χ0) is 17.4. The Morgan fingerprint density at radius 2 is 2.16 bits per heavy atom. The predicted octanol–water partition coefficient (Wildman–Crippen LogP) is 1.57. The molecule has 0 spiro atoms. The van der Waals surface area contributed by atoms with Gasteiger partial charge in [0, 0.05) is 37.1 Å². The summed E-state index contributed by atoms with van der Waals surface area (Å²) in [6, 6.07) is 0.327. The van der Waals surface area contributed by atoms with Gasteiger partial charge in [0.25, 0.3) is 0 Å². The van der Waals surface area contributed by atoms with E-state index in [2.05, 4.69) is 36.1 Å². The highest BCUT2D eigenvalue weighted by Gasteiger charge is 2.59. The Kier molecular flexibility index (Phi) is 6.81. The zero-order valence-electron chi connectivity index (χ0n) is 15.0. The molecule has 144 valence electrons. The Morgan fingerprint density at radius 3 is 2.80 bits per heavy atom. The maximum absolute atomic E-state index is 11.6. The van der Waals surface area contributed by atoms with Crippen molar-refractivity contribution in [3.05, 3.63) is 12.7 Å². The number of nitrogens with one attached hydrogen (secondary N) is 2. The molecule has 4 atom stereocenters. The molecule has 3 rings (SSSR count). The molecule has 8 heteroatoms. The molecule has 2 aliphatic heterocycles. The van der Waals surface area contributed by atoms with E-state index in [-0.39, 0.29) is 41.1 Å². The molecule has 2 heterocycles. The van der Waals surface area contributed by atoms with Crippen LogP contribution in [-0.2, 0) is 14.6 Å². The first kappa shape index (κ1) is 21.0. The predicted molar refractivity (Wildman–Crippen MR) is 111 cm³/mol. The monoisotopic (exact) mass is 483 g/mol. The normalized spacial score (nSPS) is 35.2. The van der Waals surface area contributed by atoms with Gasteiger partial charge in [-0.15, -0.1) is 30.6 Å². The molecule has 0 aromatic carbocycles. The van der Waals surface area contributed by atoms with Gasteiger partial charge in [-0.05, 0) is 18.8 Å². The number of fused-ring (bicyclic) bond motifs is 1. The number of hydrogen-bond donors (Lipinski definition) is 2. The van der Waals surface area contributed by atoms with Crippen LogP contribution in [0.25, 0.3) is 0 Å². The van der Waals surface area contributed by atoms with Gasteiger partial charge in [-0.1, -0.05) is 19.9 Å². The van der Waals surface area contributed by atoms with E-state index in [9.17, 15) is 8.42 Å². The average Bonchev–Trinajstić information content (AvgIpc) is 3.11. The van der Waals surface area contributed by atoms with Crippen LogP contribution in [0.1, 0.15) is 26.7 Å². The van der Waals surface area contributed by atoms with Gasteiger partial charge >= 0.3 is 0 Å². The molecule has 0 radical (unpaired) electrons. The minimum Gasteiger partial charge on any atom is -0.377 e. The molecule has 0 aromatic heterocycles. The van der Waals surface area contributed by atoms with Crippen molar-refractivity contribution in [2.75, 3.05) is 31.2 Å². The van der Waals surface area contributed by atoms with E-state index >= 15 is 0 Å². The number of sulfone groups is 1. The third-order valence-electron chi connectivity index (χ3n) is 5.64. The number of guanidine groups is 1.